The summed E-state index contributed by atoms with van der Waals surface area (Å²) in [6, 6.07) is 9.82. The standard InChI is InChI=1S/C16H15ClF2N2O/c1-21(9-11-5-6-13(19)8-15(11)17)10-16(22)20-14-4-2-3-12(18)7-14/h2-8H,9-10H2,1H3,(H,20,22). The number of carbonyl (C=O) groups is 1. The smallest absolute Gasteiger partial charge is 0.238 e. The molecule has 0 unspecified atom stereocenters. The van der Waals surface area contributed by atoms with Crippen molar-refractivity contribution in [1.29, 1.82) is 0 Å². The van der Waals surface area contributed by atoms with Gasteiger partial charge in [0.1, 0.15) is 11.6 Å². The minimum atomic E-state index is -0.413. The van der Waals surface area contributed by atoms with Crippen molar-refractivity contribution in [2.45, 2.75) is 6.54 Å². The van der Waals surface area contributed by atoms with E-state index >= 15 is 0 Å². The Kier molecular flexibility index (Phi) is 5.46. The number of hydrogen-bond acceptors (Lipinski definition) is 2. The fourth-order valence-electron chi connectivity index (χ4n) is 2.01. The quantitative estimate of drug-likeness (QED) is 0.909. The molecule has 0 spiro atoms. The molecular weight excluding hydrogens is 310 g/mol. The normalized spacial score (nSPS) is 10.8. The van der Waals surface area contributed by atoms with E-state index in [0.717, 1.165) is 5.56 Å². The summed E-state index contributed by atoms with van der Waals surface area (Å²) in [6.07, 6.45) is 0. The third-order valence-electron chi connectivity index (χ3n) is 2.98. The van der Waals surface area contributed by atoms with E-state index in [9.17, 15) is 13.6 Å². The van der Waals surface area contributed by atoms with Crippen LogP contribution in [0.15, 0.2) is 42.5 Å². The van der Waals surface area contributed by atoms with Gasteiger partial charge >= 0.3 is 0 Å². The summed E-state index contributed by atoms with van der Waals surface area (Å²) in [5, 5.41) is 2.93. The van der Waals surface area contributed by atoms with Crippen molar-refractivity contribution < 1.29 is 13.6 Å². The number of likely N-dealkylation sites (N-methyl/N-ethyl adjacent to an activating group) is 1. The highest BCUT2D eigenvalue weighted by Gasteiger charge is 2.10. The molecule has 0 fully saturated rings. The Labute approximate surface area is 132 Å². The summed E-state index contributed by atoms with van der Waals surface area (Å²) in [5.41, 5.74) is 1.13. The Morgan fingerprint density at radius 1 is 1.18 bits per heavy atom. The number of carbonyl (C=O) groups excluding carboxylic acids is 1. The first-order chi connectivity index (χ1) is 10.4. The molecule has 116 valence electrons. The average Bonchev–Trinajstić information content (AvgIpc) is 2.41. The van der Waals surface area contributed by atoms with Crippen LogP contribution in [0.5, 0.6) is 0 Å². The number of anilines is 1. The van der Waals surface area contributed by atoms with Crippen molar-refractivity contribution in [1.82, 2.24) is 4.90 Å². The number of nitrogens with zero attached hydrogens (tertiary/aromatic N) is 1. The van der Waals surface area contributed by atoms with Crippen molar-refractivity contribution in [3.63, 3.8) is 0 Å². The topological polar surface area (TPSA) is 32.3 Å². The Bertz CT molecular complexity index is 679. The van der Waals surface area contributed by atoms with Crippen LogP contribution < -0.4 is 5.32 Å². The molecule has 1 N–H and O–H groups in total. The predicted molar refractivity (Wildman–Crippen MR) is 82.8 cm³/mol. The van der Waals surface area contributed by atoms with E-state index in [1.165, 1.54) is 30.3 Å². The SMILES string of the molecule is CN(CC(=O)Nc1cccc(F)c1)Cc1ccc(F)cc1Cl. The number of halogens is 3. The second-order valence-electron chi connectivity index (χ2n) is 4.97. The fraction of sp³-hybridized carbons (Fsp3) is 0.188. The largest absolute Gasteiger partial charge is 0.325 e. The zero-order valence-electron chi connectivity index (χ0n) is 11.9. The lowest BCUT2D eigenvalue weighted by Crippen LogP contribution is -2.29. The van der Waals surface area contributed by atoms with Crippen LogP contribution in [-0.4, -0.2) is 24.4 Å². The van der Waals surface area contributed by atoms with Crippen molar-refractivity contribution in [3.8, 4) is 0 Å². The van der Waals surface area contributed by atoms with Crippen LogP contribution in [0.4, 0.5) is 14.5 Å². The molecule has 2 aromatic rings. The maximum Gasteiger partial charge on any atom is 0.238 e. The van der Waals surface area contributed by atoms with E-state index in [1.54, 1.807) is 24.1 Å². The lowest BCUT2D eigenvalue weighted by atomic mass is 10.2. The van der Waals surface area contributed by atoms with Crippen LogP contribution in [0.3, 0.4) is 0 Å². The maximum absolute atomic E-state index is 13.0. The zero-order valence-corrected chi connectivity index (χ0v) is 12.7. The molecule has 0 aromatic heterocycles. The molecule has 2 rings (SSSR count). The molecule has 0 saturated carbocycles. The highest BCUT2D eigenvalue weighted by Crippen LogP contribution is 2.18. The van der Waals surface area contributed by atoms with Crippen LogP contribution in [0.25, 0.3) is 0 Å². The van der Waals surface area contributed by atoms with E-state index < -0.39 is 11.6 Å². The second-order valence-corrected chi connectivity index (χ2v) is 5.37. The monoisotopic (exact) mass is 324 g/mol. The van der Waals surface area contributed by atoms with Crippen LogP contribution in [0.1, 0.15) is 5.56 Å². The fourth-order valence-corrected chi connectivity index (χ4v) is 2.24. The van der Waals surface area contributed by atoms with E-state index in [1.807, 2.05) is 0 Å². The van der Waals surface area contributed by atoms with E-state index in [4.69, 9.17) is 11.6 Å². The molecule has 22 heavy (non-hydrogen) atoms. The van der Waals surface area contributed by atoms with Gasteiger partial charge in [-0.2, -0.15) is 0 Å². The van der Waals surface area contributed by atoms with Crippen molar-refractivity contribution in [3.05, 3.63) is 64.7 Å². The highest BCUT2D eigenvalue weighted by molar-refractivity contribution is 6.31. The molecule has 0 bridgehead atoms. The average molecular weight is 325 g/mol. The summed E-state index contributed by atoms with van der Waals surface area (Å²) in [5.74, 6) is -1.09. The molecule has 6 heteroatoms. The van der Waals surface area contributed by atoms with Gasteiger partial charge in [-0.3, -0.25) is 9.69 Å². The first-order valence-electron chi connectivity index (χ1n) is 6.62. The predicted octanol–water partition coefficient (Wildman–Crippen LogP) is 3.69. The Morgan fingerprint density at radius 2 is 1.91 bits per heavy atom. The van der Waals surface area contributed by atoms with Crippen molar-refractivity contribution in [2.75, 3.05) is 18.9 Å². The molecule has 2 aromatic carbocycles. The van der Waals surface area contributed by atoms with E-state index in [2.05, 4.69) is 5.32 Å². The summed E-state index contributed by atoms with van der Waals surface area (Å²) >= 11 is 5.95. The third kappa shape index (κ3) is 4.79. The number of rotatable bonds is 5. The summed E-state index contributed by atoms with van der Waals surface area (Å²) < 4.78 is 26.0. The van der Waals surface area contributed by atoms with Gasteiger partial charge in [-0.1, -0.05) is 23.7 Å². The van der Waals surface area contributed by atoms with Gasteiger partial charge in [0.15, 0.2) is 0 Å². The Morgan fingerprint density at radius 3 is 2.59 bits per heavy atom. The molecule has 0 atom stereocenters. The molecule has 1 amide bonds. The van der Waals surface area contributed by atoms with Crippen molar-refractivity contribution in [2.24, 2.45) is 0 Å². The Hall–Kier alpha value is -1.98. The molecule has 0 saturated heterocycles. The minimum Gasteiger partial charge on any atom is -0.325 e. The number of amides is 1. The van der Waals surface area contributed by atoms with Gasteiger partial charge in [0.05, 0.1) is 6.54 Å². The van der Waals surface area contributed by atoms with Gasteiger partial charge in [0.2, 0.25) is 5.91 Å². The van der Waals surface area contributed by atoms with Crippen LogP contribution in [0, 0.1) is 11.6 Å². The summed E-state index contributed by atoms with van der Waals surface area (Å²) in [6.45, 7) is 0.500. The highest BCUT2D eigenvalue weighted by atomic mass is 35.5. The van der Waals surface area contributed by atoms with E-state index in [-0.39, 0.29) is 12.5 Å². The van der Waals surface area contributed by atoms with Gasteiger partial charge < -0.3 is 5.32 Å². The molecule has 3 nitrogen and oxygen atoms in total. The molecule has 0 aliphatic rings. The lowest BCUT2D eigenvalue weighted by molar-refractivity contribution is -0.117. The maximum atomic E-state index is 13.0. The summed E-state index contributed by atoms with van der Waals surface area (Å²) in [7, 11) is 1.74. The Balaban J connectivity index is 1.91. The van der Waals surface area contributed by atoms with Gasteiger partial charge in [0.25, 0.3) is 0 Å². The molecule has 0 aliphatic carbocycles. The number of nitrogens with one attached hydrogen (secondary N) is 1. The second kappa shape index (κ2) is 7.33. The van der Waals surface area contributed by atoms with E-state index in [0.29, 0.717) is 17.3 Å². The lowest BCUT2D eigenvalue weighted by Gasteiger charge is -2.17. The zero-order chi connectivity index (χ0) is 16.1. The molecule has 0 heterocycles. The van der Waals surface area contributed by atoms with Gasteiger partial charge in [-0.25, -0.2) is 8.78 Å². The van der Waals surface area contributed by atoms with Gasteiger partial charge in [-0.15, -0.1) is 0 Å². The first kappa shape index (κ1) is 16.4. The molecule has 0 aliphatic heterocycles. The van der Waals surface area contributed by atoms with Crippen LogP contribution in [-0.2, 0) is 11.3 Å². The molecular formula is C16H15ClF2N2O. The molecule has 0 radical (unpaired) electrons. The minimum absolute atomic E-state index is 0.101. The first-order valence-corrected chi connectivity index (χ1v) is 7.00. The summed E-state index contributed by atoms with van der Waals surface area (Å²) in [4.78, 5) is 13.6. The number of benzene rings is 2. The number of hydrogen-bond donors (Lipinski definition) is 1. The van der Waals surface area contributed by atoms with Crippen LogP contribution in [0.2, 0.25) is 5.02 Å². The van der Waals surface area contributed by atoms with Gasteiger partial charge in [0, 0.05) is 17.3 Å². The van der Waals surface area contributed by atoms with Crippen LogP contribution >= 0.6 is 11.6 Å². The van der Waals surface area contributed by atoms with Gasteiger partial charge in [-0.05, 0) is 42.9 Å². The third-order valence-corrected chi connectivity index (χ3v) is 3.33. The van der Waals surface area contributed by atoms with Crippen molar-refractivity contribution >= 4 is 23.2 Å².